The lowest BCUT2D eigenvalue weighted by molar-refractivity contribution is 0.771. The van der Waals surface area contributed by atoms with Gasteiger partial charge in [0, 0.05) is 15.7 Å². The van der Waals surface area contributed by atoms with Crippen molar-refractivity contribution < 1.29 is 0 Å². The van der Waals surface area contributed by atoms with Crippen LogP contribution < -0.4 is 11.1 Å². The van der Waals surface area contributed by atoms with E-state index in [9.17, 15) is 0 Å². The fourth-order valence-corrected chi connectivity index (χ4v) is 4.43. The maximum Gasteiger partial charge on any atom is 0.232 e. The van der Waals surface area contributed by atoms with Crippen molar-refractivity contribution in [3.8, 4) is 11.4 Å². The third-order valence-corrected chi connectivity index (χ3v) is 6.70. The number of hydrogen-bond acceptors (Lipinski definition) is 9. The van der Waals surface area contributed by atoms with Crippen LogP contribution in [0.25, 0.3) is 11.4 Å². The van der Waals surface area contributed by atoms with Crippen LogP contribution >= 0.6 is 27.7 Å². The summed E-state index contributed by atoms with van der Waals surface area (Å²) in [6.07, 6.45) is 1.78. The maximum absolute atomic E-state index is 5.98. The predicted octanol–water partition coefficient (Wildman–Crippen LogP) is 5.70. The Labute approximate surface area is 226 Å². The van der Waals surface area contributed by atoms with Gasteiger partial charge in [-0.15, -0.1) is 10.2 Å². The zero-order valence-corrected chi connectivity index (χ0v) is 22.2. The molecule has 9 nitrogen and oxygen atoms in total. The highest BCUT2D eigenvalue weighted by molar-refractivity contribution is 9.10. The Kier molecular flexibility index (Phi) is 7.52. The fourth-order valence-electron chi connectivity index (χ4n) is 3.42. The molecule has 3 aromatic carbocycles. The number of hydrogen-bond donors (Lipinski definition) is 2. The van der Waals surface area contributed by atoms with Gasteiger partial charge >= 0.3 is 0 Å². The van der Waals surface area contributed by atoms with Crippen LogP contribution in [0.15, 0.2) is 93.6 Å². The molecule has 3 N–H and O–H groups in total. The molecule has 0 aliphatic heterocycles. The number of aryl methyl sites for hydroxylation is 1. The van der Waals surface area contributed by atoms with Gasteiger partial charge in [-0.25, -0.2) is 0 Å². The molecule has 0 saturated carbocycles. The van der Waals surface area contributed by atoms with Gasteiger partial charge in [-0.3, -0.25) is 0 Å². The van der Waals surface area contributed by atoms with E-state index in [1.165, 1.54) is 11.8 Å². The summed E-state index contributed by atoms with van der Waals surface area (Å²) in [7, 11) is 0. The number of para-hydroxylation sites is 1. The van der Waals surface area contributed by atoms with Crippen LogP contribution in [0.3, 0.4) is 0 Å². The van der Waals surface area contributed by atoms with E-state index >= 15 is 0 Å². The average molecular weight is 572 g/mol. The maximum atomic E-state index is 5.98. The van der Waals surface area contributed by atoms with Crippen molar-refractivity contribution in [3.05, 3.63) is 100 Å². The molecule has 0 atom stereocenters. The second kappa shape index (κ2) is 11.3. The Bertz CT molecular complexity index is 1540. The van der Waals surface area contributed by atoms with Crippen LogP contribution in [0, 0.1) is 6.92 Å². The van der Waals surface area contributed by atoms with Crippen molar-refractivity contribution in [2.45, 2.75) is 17.8 Å². The monoisotopic (exact) mass is 571 g/mol. The van der Waals surface area contributed by atoms with Crippen molar-refractivity contribution in [1.29, 1.82) is 0 Å². The largest absolute Gasteiger partial charge is 0.368 e. The first-order valence-electron chi connectivity index (χ1n) is 11.3. The lowest BCUT2D eigenvalue weighted by Gasteiger charge is -2.09. The number of nitrogens with one attached hydrogen (secondary N) is 1. The summed E-state index contributed by atoms with van der Waals surface area (Å²) < 4.78 is 2.72. The molecule has 2 aromatic heterocycles. The molecule has 37 heavy (non-hydrogen) atoms. The Balaban J connectivity index is 1.41. The molecular weight excluding hydrogens is 550 g/mol. The molecule has 5 aromatic rings. The molecule has 184 valence electrons. The number of aromatic nitrogens is 6. The first kappa shape index (κ1) is 24.6. The van der Waals surface area contributed by atoms with Gasteiger partial charge in [-0.05, 0) is 36.2 Å². The quantitative estimate of drug-likeness (QED) is 0.180. The number of rotatable bonds is 8. The van der Waals surface area contributed by atoms with E-state index in [1.807, 2.05) is 85.8 Å². The van der Waals surface area contributed by atoms with E-state index in [2.05, 4.69) is 46.4 Å². The van der Waals surface area contributed by atoms with Crippen molar-refractivity contribution in [3.63, 3.8) is 0 Å². The average Bonchev–Trinajstić information content (AvgIpc) is 3.31. The zero-order valence-electron chi connectivity index (χ0n) is 19.8. The van der Waals surface area contributed by atoms with Crippen LogP contribution in [0.1, 0.15) is 17.0 Å². The SMILES string of the molecule is Cc1ccccc1Nc1nc(N)nc(CSc2nnc(-c3ccccc3)n2/N=C/c2ccc(Br)cc2)n1. The van der Waals surface area contributed by atoms with E-state index in [0.717, 1.165) is 26.9 Å². The smallest absolute Gasteiger partial charge is 0.232 e. The van der Waals surface area contributed by atoms with Crippen molar-refractivity contribution in [1.82, 2.24) is 29.8 Å². The molecule has 0 spiro atoms. The number of nitrogens with zero attached hydrogens (tertiary/aromatic N) is 7. The first-order valence-corrected chi connectivity index (χ1v) is 13.1. The zero-order chi connectivity index (χ0) is 25.6. The van der Waals surface area contributed by atoms with Gasteiger partial charge in [0.15, 0.2) is 5.82 Å². The highest BCUT2D eigenvalue weighted by atomic mass is 79.9. The second-order valence-electron chi connectivity index (χ2n) is 7.94. The topological polar surface area (TPSA) is 120 Å². The summed E-state index contributed by atoms with van der Waals surface area (Å²) in [5, 5.41) is 17.3. The summed E-state index contributed by atoms with van der Waals surface area (Å²) in [5.41, 5.74) is 9.81. The minimum absolute atomic E-state index is 0.140. The number of nitrogens with two attached hydrogens (primary N) is 1. The number of thioether (sulfide) groups is 1. The molecule has 0 aliphatic rings. The Morgan fingerprint density at radius 1 is 0.946 bits per heavy atom. The van der Waals surface area contributed by atoms with Gasteiger partial charge in [0.05, 0.1) is 12.0 Å². The van der Waals surface area contributed by atoms with Crippen LogP contribution in [-0.2, 0) is 5.75 Å². The van der Waals surface area contributed by atoms with Gasteiger partial charge < -0.3 is 11.1 Å². The Morgan fingerprint density at radius 3 is 2.49 bits per heavy atom. The molecule has 0 bridgehead atoms. The van der Waals surface area contributed by atoms with E-state index in [4.69, 9.17) is 10.8 Å². The molecule has 0 fully saturated rings. The molecule has 0 saturated heterocycles. The Hall–Kier alpha value is -4.09. The van der Waals surface area contributed by atoms with E-state index in [1.54, 1.807) is 10.9 Å². The summed E-state index contributed by atoms with van der Waals surface area (Å²) in [5.74, 6) is 2.07. The van der Waals surface area contributed by atoms with Gasteiger partial charge in [-0.1, -0.05) is 88.4 Å². The Morgan fingerprint density at radius 2 is 1.70 bits per heavy atom. The lowest BCUT2D eigenvalue weighted by Crippen LogP contribution is -2.07. The molecular formula is C26H22BrN9S. The normalized spacial score (nSPS) is 11.2. The summed E-state index contributed by atoms with van der Waals surface area (Å²) in [6.45, 7) is 2.01. The highest BCUT2D eigenvalue weighted by Gasteiger charge is 2.15. The van der Waals surface area contributed by atoms with Gasteiger partial charge in [0.2, 0.25) is 17.1 Å². The van der Waals surface area contributed by atoms with Crippen molar-refractivity contribution in [2.75, 3.05) is 11.1 Å². The van der Waals surface area contributed by atoms with Crippen molar-refractivity contribution in [2.24, 2.45) is 5.10 Å². The van der Waals surface area contributed by atoms with Crippen LogP contribution in [-0.4, -0.2) is 36.0 Å². The second-order valence-corrected chi connectivity index (χ2v) is 9.80. The van der Waals surface area contributed by atoms with Gasteiger partial charge in [0.1, 0.15) is 5.82 Å². The molecule has 0 unspecified atom stereocenters. The van der Waals surface area contributed by atoms with Crippen molar-refractivity contribution >= 4 is 51.5 Å². The minimum atomic E-state index is 0.140. The highest BCUT2D eigenvalue weighted by Crippen LogP contribution is 2.26. The lowest BCUT2D eigenvalue weighted by atomic mass is 10.2. The number of benzene rings is 3. The standard InChI is InChI=1S/C26H22BrN9S/c1-17-7-5-6-10-21(17)30-25-32-22(31-24(28)33-25)16-37-26-35-34-23(19-8-3-2-4-9-19)36(26)29-15-18-11-13-20(27)14-12-18/h2-15H,16H2,1H3,(H3,28,30,31,32,33)/b29-15+. The third-order valence-electron chi connectivity index (χ3n) is 5.26. The van der Waals surface area contributed by atoms with E-state index in [0.29, 0.717) is 28.5 Å². The predicted molar refractivity (Wildman–Crippen MR) is 151 cm³/mol. The summed E-state index contributed by atoms with van der Waals surface area (Å²) in [6, 6.07) is 25.6. The molecule has 2 heterocycles. The third kappa shape index (κ3) is 6.19. The van der Waals surface area contributed by atoms with E-state index in [-0.39, 0.29) is 5.95 Å². The first-order chi connectivity index (χ1) is 18.0. The molecule has 5 rings (SSSR count). The van der Waals surface area contributed by atoms with Gasteiger partial charge in [0.25, 0.3) is 0 Å². The molecule has 0 radical (unpaired) electrons. The summed E-state index contributed by atoms with van der Waals surface area (Å²) in [4.78, 5) is 13.1. The summed E-state index contributed by atoms with van der Waals surface area (Å²) >= 11 is 4.87. The van der Waals surface area contributed by atoms with Gasteiger partial charge in [-0.2, -0.15) is 24.7 Å². The minimum Gasteiger partial charge on any atom is -0.368 e. The molecule has 11 heteroatoms. The van der Waals surface area contributed by atoms with Crippen LogP contribution in [0.5, 0.6) is 0 Å². The number of halogens is 1. The number of nitrogen functional groups attached to an aromatic ring is 1. The van der Waals surface area contributed by atoms with E-state index < -0.39 is 0 Å². The molecule has 0 aliphatic carbocycles. The molecule has 0 amide bonds. The van der Waals surface area contributed by atoms with Crippen LogP contribution in [0.4, 0.5) is 17.6 Å². The van der Waals surface area contributed by atoms with Crippen LogP contribution in [0.2, 0.25) is 0 Å². The number of anilines is 3. The fraction of sp³-hybridized carbons (Fsp3) is 0.0769.